The first-order chi connectivity index (χ1) is 5.68. The molecule has 2 amide bonds. The predicted octanol–water partition coefficient (Wildman–Crippen LogP) is 0.558. The highest BCUT2D eigenvalue weighted by molar-refractivity contribution is 5.71. The monoisotopic (exact) mass is 165 g/mol. The molecule has 0 atom stereocenters. The molecule has 0 aromatic carbocycles. The summed E-state index contributed by atoms with van der Waals surface area (Å²) in [6, 6.07) is 3.27. The van der Waals surface area contributed by atoms with Crippen molar-refractivity contribution in [2.45, 2.75) is 13.5 Å². The molecule has 0 saturated heterocycles. The number of carbonyl (C=O) groups excluding carboxylic acids is 1. The first-order valence-corrected chi connectivity index (χ1v) is 3.63. The number of hydrogen-bond acceptors (Lipinski definition) is 2. The number of amides is 2. The molecule has 0 bridgehead atoms. The van der Waals surface area contributed by atoms with Crippen molar-refractivity contribution >= 4 is 6.03 Å². The maximum atomic E-state index is 10.3. The Balaban J connectivity index is 2.53. The molecule has 0 aliphatic rings. The van der Waals surface area contributed by atoms with Crippen LogP contribution in [0.5, 0.6) is 0 Å². The molecule has 0 fully saturated rings. The number of urea groups is 1. The standard InChI is InChI=1S/C8H11N3O/c1-6-2-3-7(4-10-6)5-11-8(9)12/h2-4H,5H2,1H3,(H3,9,11,12). The quantitative estimate of drug-likeness (QED) is 0.672. The summed E-state index contributed by atoms with van der Waals surface area (Å²) in [6.45, 7) is 2.34. The van der Waals surface area contributed by atoms with Gasteiger partial charge in [-0.3, -0.25) is 4.98 Å². The van der Waals surface area contributed by atoms with Gasteiger partial charge in [0.25, 0.3) is 0 Å². The zero-order valence-corrected chi connectivity index (χ0v) is 6.87. The van der Waals surface area contributed by atoms with Crippen molar-refractivity contribution in [1.82, 2.24) is 10.3 Å². The van der Waals surface area contributed by atoms with Gasteiger partial charge in [-0.1, -0.05) is 6.07 Å². The lowest BCUT2D eigenvalue weighted by Gasteiger charge is -2.00. The second-order valence-electron chi connectivity index (χ2n) is 2.53. The zero-order chi connectivity index (χ0) is 8.97. The third kappa shape index (κ3) is 2.57. The molecular weight excluding hydrogens is 154 g/mol. The fourth-order valence-electron chi connectivity index (χ4n) is 0.792. The highest BCUT2D eigenvalue weighted by Crippen LogP contribution is 1.97. The van der Waals surface area contributed by atoms with E-state index in [4.69, 9.17) is 5.73 Å². The number of nitrogens with one attached hydrogen (secondary N) is 1. The van der Waals surface area contributed by atoms with E-state index in [0.29, 0.717) is 6.54 Å². The van der Waals surface area contributed by atoms with Gasteiger partial charge < -0.3 is 11.1 Å². The van der Waals surface area contributed by atoms with E-state index in [1.807, 2.05) is 19.1 Å². The molecule has 4 heteroatoms. The summed E-state index contributed by atoms with van der Waals surface area (Å²) in [4.78, 5) is 14.4. The van der Waals surface area contributed by atoms with Crippen LogP contribution in [-0.2, 0) is 6.54 Å². The van der Waals surface area contributed by atoms with Gasteiger partial charge in [0.1, 0.15) is 0 Å². The molecule has 4 nitrogen and oxygen atoms in total. The number of primary amides is 1. The zero-order valence-electron chi connectivity index (χ0n) is 6.87. The Bertz CT molecular complexity index is 268. The number of aromatic nitrogens is 1. The number of hydrogen-bond donors (Lipinski definition) is 2. The fraction of sp³-hybridized carbons (Fsp3) is 0.250. The van der Waals surface area contributed by atoms with Gasteiger partial charge in [0.15, 0.2) is 0 Å². The Labute approximate surface area is 70.8 Å². The molecule has 1 aromatic heterocycles. The van der Waals surface area contributed by atoms with E-state index in [1.54, 1.807) is 6.20 Å². The lowest BCUT2D eigenvalue weighted by Crippen LogP contribution is -2.28. The van der Waals surface area contributed by atoms with E-state index in [0.717, 1.165) is 11.3 Å². The number of rotatable bonds is 2. The van der Waals surface area contributed by atoms with Crippen LogP contribution in [0.4, 0.5) is 4.79 Å². The molecule has 0 spiro atoms. The highest BCUT2D eigenvalue weighted by atomic mass is 16.2. The van der Waals surface area contributed by atoms with Crippen molar-refractivity contribution in [3.63, 3.8) is 0 Å². The third-order valence-corrected chi connectivity index (χ3v) is 1.44. The smallest absolute Gasteiger partial charge is 0.312 e. The molecule has 1 rings (SSSR count). The average Bonchev–Trinajstić information content (AvgIpc) is 2.03. The highest BCUT2D eigenvalue weighted by Gasteiger charge is 1.94. The van der Waals surface area contributed by atoms with Crippen LogP contribution in [0.3, 0.4) is 0 Å². The van der Waals surface area contributed by atoms with Crippen LogP contribution in [-0.4, -0.2) is 11.0 Å². The van der Waals surface area contributed by atoms with Crippen molar-refractivity contribution in [3.8, 4) is 0 Å². The maximum Gasteiger partial charge on any atom is 0.312 e. The minimum absolute atomic E-state index is 0.433. The van der Waals surface area contributed by atoms with Gasteiger partial charge in [0.05, 0.1) is 0 Å². The predicted molar refractivity (Wildman–Crippen MR) is 45.4 cm³/mol. The van der Waals surface area contributed by atoms with Gasteiger partial charge in [-0.05, 0) is 18.6 Å². The van der Waals surface area contributed by atoms with Crippen molar-refractivity contribution in [1.29, 1.82) is 0 Å². The summed E-state index contributed by atoms with van der Waals surface area (Å²) in [5.41, 5.74) is 6.80. The second kappa shape index (κ2) is 3.71. The number of nitrogens with zero attached hydrogens (tertiary/aromatic N) is 1. The average molecular weight is 165 g/mol. The van der Waals surface area contributed by atoms with Crippen LogP contribution >= 0.6 is 0 Å². The van der Waals surface area contributed by atoms with Crippen molar-refractivity contribution in [3.05, 3.63) is 29.6 Å². The molecule has 64 valence electrons. The number of pyridine rings is 1. The van der Waals surface area contributed by atoms with Gasteiger partial charge in [-0.25, -0.2) is 4.79 Å². The van der Waals surface area contributed by atoms with Crippen LogP contribution in [0.25, 0.3) is 0 Å². The molecule has 0 aliphatic carbocycles. The lowest BCUT2D eigenvalue weighted by atomic mass is 10.2. The molecule has 0 saturated carbocycles. The lowest BCUT2D eigenvalue weighted by molar-refractivity contribution is 0.248. The van der Waals surface area contributed by atoms with E-state index in [1.165, 1.54) is 0 Å². The third-order valence-electron chi connectivity index (χ3n) is 1.44. The number of nitrogens with two attached hydrogens (primary N) is 1. The Morgan fingerprint density at radius 2 is 2.42 bits per heavy atom. The Hall–Kier alpha value is -1.58. The van der Waals surface area contributed by atoms with Gasteiger partial charge in [-0.15, -0.1) is 0 Å². The molecule has 0 aliphatic heterocycles. The first kappa shape index (κ1) is 8.52. The molecule has 1 heterocycles. The molecular formula is C8H11N3O. The molecule has 3 N–H and O–H groups in total. The fourth-order valence-corrected chi connectivity index (χ4v) is 0.792. The van der Waals surface area contributed by atoms with Gasteiger partial charge in [0.2, 0.25) is 0 Å². The minimum atomic E-state index is -0.518. The Morgan fingerprint density at radius 1 is 1.67 bits per heavy atom. The SMILES string of the molecule is Cc1ccc(CNC(N)=O)cn1. The van der Waals surface area contributed by atoms with E-state index in [2.05, 4.69) is 10.3 Å². The summed E-state index contributed by atoms with van der Waals surface area (Å²) in [5, 5.41) is 2.48. The van der Waals surface area contributed by atoms with Gasteiger partial charge in [0, 0.05) is 18.4 Å². The summed E-state index contributed by atoms with van der Waals surface area (Å²) < 4.78 is 0. The maximum absolute atomic E-state index is 10.3. The normalized spacial score (nSPS) is 9.42. The molecule has 1 aromatic rings. The molecule has 12 heavy (non-hydrogen) atoms. The molecule has 0 radical (unpaired) electrons. The van der Waals surface area contributed by atoms with Gasteiger partial charge >= 0.3 is 6.03 Å². The van der Waals surface area contributed by atoms with Crippen LogP contribution < -0.4 is 11.1 Å². The Morgan fingerprint density at radius 3 is 2.92 bits per heavy atom. The second-order valence-corrected chi connectivity index (χ2v) is 2.53. The minimum Gasteiger partial charge on any atom is -0.352 e. The van der Waals surface area contributed by atoms with Crippen LogP contribution in [0.1, 0.15) is 11.3 Å². The van der Waals surface area contributed by atoms with Crippen molar-refractivity contribution in [2.24, 2.45) is 5.73 Å². The number of carbonyl (C=O) groups is 1. The van der Waals surface area contributed by atoms with Crippen LogP contribution in [0.2, 0.25) is 0 Å². The largest absolute Gasteiger partial charge is 0.352 e. The van der Waals surface area contributed by atoms with E-state index >= 15 is 0 Å². The van der Waals surface area contributed by atoms with E-state index in [-0.39, 0.29) is 0 Å². The summed E-state index contributed by atoms with van der Waals surface area (Å²) >= 11 is 0. The Kier molecular flexibility index (Phi) is 2.63. The van der Waals surface area contributed by atoms with E-state index in [9.17, 15) is 4.79 Å². The molecule has 0 unspecified atom stereocenters. The van der Waals surface area contributed by atoms with Gasteiger partial charge in [-0.2, -0.15) is 0 Å². The van der Waals surface area contributed by atoms with Crippen molar-refractivity contribution in [2.75, 3.05) is 0 Å². The van der Waals surface area contributed by atoms with Crippen LogP contribution in [0.15, 0.2) is 18.3 Å². The summed E-state index contributed by atoms with van der Waals surface area (Å²) in [7, 11) is 0. The number of aryl methyl sites for hydroxylation is 1. The first-order valence-electron chi connectivity index (χ1n) is 3.63. The van der Waals surface area contributed by atoms with Crippen LogP contribution in [0, 0.1) is 6.92 Å². The van der Waals surface area contributed by atoms with Crippen molar-refractivity contribution < 1.29 is 4.79 Å². The van der Waals surface area contributed by atoms with E-state index < -0.39 is 6.03 Å². The summed E-state index contributed by atoms with van der Waals surface area (Å²) in [6.07, 6.45) is 1.71. The topological polar surface area (TPSA) is 68.0 Å². The summed E-state index contributed by atoms with van der Waals surface area (Å²) in [5.74, 6) is 0.